The fourth-order valence-electron chi connectivity index (χ4n) is 3.05. The Hall–Kier alpha value is -3.16. The van der Waals surface area contributed by atoms with Gasteiger partial charge in [-0.05, 0) is 38.1 Å². The molecule has 1 N–H and O–H groups in total. The minimum absolute atomic E-state index is 0.0864. The SMILES string of the molecule is CCN(CC)c1ccc2nn(CC(=O)c3cc(OC)cc(S(F)(F)(F)(F)F)c3)c(=N)n2n1. The van der Waals surface area contributed by atoms with Gasteiger partial charge in [-0.15, -0.1) is 10.2 Å². The molecule has 0 aliphatic heterocycles. The number of hydrogen-bond donors (Lipinski definition) is 1. The van der Waals surface area contributed by atoms with Crippen molar-refractivity contribution in [2.75, 3.05) is 25.1 Å². The maximum atomic E-state index is 13.3. The molecule has 0 saturated heterocycles. The van der Waals surface area contributed by atoms with E-state index in [0.29, 0.717) is 18.9 Å². The molecule has 2 heterocycles. The average molecular weight is 480 g/mol. The zero-order valence-electron chi connectivity index (χ0n) is 17.4. The Morgan fingerprint density at radius 1 is 1.09 bits per heavy atom. The lowest BCUT2D eigenvalue weighted by Gasteiger charge is -2.40. The van der Waals surface area contributed by atoms with E-state index < -0.39 is 38.8 Å². The zero-order valence-corrected chi connectivity index (χ0v) is 18.2. The predicted molar refractivity (Wildman–Crippen MR) is 109 cm³/mol. The monoisotopic (exact) mass is 480 g/mol. The van der Waals surface area contributed by atoms with Crippen LogP contribution in [0.3, 0.4) is 0 Å². The summed E-state index contributed by atoms with van der Waals surface area (Å²) in [4.78, 5) is 12.3. The number of carbonyl (C=O) groups excluding carboxylic acids is 1. The minimum atomic E-state index is -10.0. The number of hydrogen-bond acceptors (Lipinski definition) is 6. The summed E-state index contributed by atoms with van der Waals surface area (Å²) in [7, 11) is -9.05. The van der Waals surface area contributed by atoms with E-state index in [-0.39, 0.29) is 23.4 Å². The zero-order chi connectivity index (χ0) is 24.0. The van der Waals surface area contributed by atoms with Gasteiger partial charge in [0, 0.05) is 24.7 Å². The third-order valence-electron chi connectivity index (χ3n) is 4.73. The van der Waals surface area contributed by atoms with Crippen LogP contribution in [0, 0.1) is 5.41 Å². The van der Waals surface area contributed by atoms with E-state index in [1.165, 1.54) is 4.52 Å². The third-order valence-corrected chi connectivity index (χ3v) is 5.86. The average Bonchev–Trinajstić information content (AvgIpc) is 3.02. The van der Waals surface area contributed by atoms with Crippen LogP contribution in [-0.4, -0.2) is 45.4 Å². The summed E-state index contributed by atoms with van der Waals surface area (Å²) in [6, 6.07) is 4.42. The Balaban J connectivity index is 2.01. The standard InChI is InChI=1S/C18H21F5N6O2S/c1-4-27(5-2)16-6-7-17-25-28(18(24)29(17)26-16)11-15(30)12-8-13(31-3)10-14(9-12)32(19,20,21,22)23/h6-10,24H,4-5,11H2,1-3H3. The van der Waals surface area contributed by atoms with Crippen LogP contribution in [0.15, 0.2) is 35.2 Å². The summed E-state index contributed by atoms with van der Waals surface area (Å²) in [5.41, 5.74) is -0.719. The topological polar surface area (TPSA) is 88.5 Å². The molecule has 0 radical (unpaired) electrons. The maximum Gasteiger partial charge on any atom is 0.310 e. The molecule has 1 aromatic carbocycles. The summed E-state index contributed by atoms with van der Waals surface area (Å²) in [5, 5.41) is 16.6. The van der Waals surface area contributed by atoms with Gasteiger partial charge in [0.1, 0.15) is 23.0 Å². The van der Waals surface area contributed by atoms with E-state index in [1.807, 2.05) is 18.7 Å². The van der Waals surface area contributed by atoms with E-state index in [2.05, 4.69) is 14.9 Å². The van der Waals surface area contributed by atoms with Crippen LogP contribution in [0.2, 0.25) is 0 Å². The number of rotatable bonds is 8. The number of methoxy groups -OCH3 is 1. The highest BCUT2D eigenvalue weighted by Crippen LogP contribution is 3.02. The molecule has 3 aromatic rings. The summed E-state index contributed by atoms with van der Waals surface area (Å²) >= 11 is 0. The molecule has 0 amide bonds. The van der Waals surface area contributed by atoms with E-state index >= 15 is 0 Å². The van der Waals surface area contributed by atoms with Gasteiger partial charge in [0.15, 0.2) is 11.4 Å². The molecule has 3 rings (SSSR count). The molecule has 0 bridgehead atoms. The van der Waals surface area contributed by atoms with Crippen LogP contribution in [0.1, 0.15) is 24.2 Å². The number of carbonyl (C=O) groups is 1. The van der Waals surface area contributed by atoms with Crippen LogP contribution in [0.25, 0.3) is 5.65 Å². The Morgan fingerprint density at radius 3 is 2.31 bits per heavy atom. The Labute approximate surface area is 179 Å². The Morgan fingerprint density at radius 2 is 1.75 bits per heavy atom. The molecule has 0 aliphatic rings. The number of ether oxygens (including phenoxy) is 1. The lowest BCUT2D eigenvalue weighted by Crippen LogP contribution is -2.28. The van der Waals surface area contributed by atoms with Crippen molar-refractivity contribution in [1.82, 2.24) is 19.4 Å². The van der Waals surface area contributed by atoms with Crippen molar-refractivity contribution in [2.45, 2.75) is 25.3 Å². The van der Waals surface area contributed by atoms with Gasteiger partial charge in [-0.3, -0.25) is 10.2 Å². The first-order valence-electron chi connectivity index (χ1n) is 9.39. The molecule has 0 aliphatic carbocycles. The van der Waals surface area contributed by atoms with Crippen molar-refractivity contribution >= 4 is 27.5 Å². The molecular formula is C18H21F5N6O2S. The van der Waals surface area contributed by atoms with Gasteiger partial charge in [-0.2, -0.15) is 4.52 Å². The molecule has 8 nitrogen and oxygen atoms in total. The van der Waals surface area contributed by atoms with Crippen LogP contribution in [0.5, 0.6) is 5.75 Å². The van der Waals surface area contributed by atoms with Gasteiger partial charge < -0.3 is 9.64 Å². The number of ketones is 1. The van der Waals surface area contributed by atoms with E-state index in [9.17, 15) is 24.2 Å². The van der Waals surface area contributed by atoms with Crippen LogP contribution in [0.4, 0.5) is 25.2 Å². The Kier molecular flexibility index (Phi) is 5.28. The highest BCUT2D eigenvalue weighted by molar-refractivity contribution is 8.45. The number of benzene rings is 1. The molecule has 0 unspecified atom stereocenters. The highest BCUT2D eigenvalue weighted by atomic mass is 32.5. The van der Waals surface area contributed by atoms with Crippen molar-refractivity contribution in [3.05, 3.63) is 41.5 Å². The highest BCUT2D eigenvalue weighted by Gasteiger charge is 2.65. The molecule has 0 fully saturated rings. The second kappa shape index (κ2) is 7.18. The van der Waals surface area contributed by atoms with E-state index in [4.69, 9.17) is 5.41 Å². The van der Waals surface area contributed by atoms with Crippen LogP contribution >= 0.6 is 10.2 Å². The maximum absolute atomic E-state index is 13.3. The number of fused-ring (bicyclic) bond motifs is 1. The third kappa shape index (κ3) is 4.69. The molecule has 2 aromatic heterocycles. The first-order chi connectivity index (χ1) is 14.7. The molecule has 0 spiro atoms. The van der Waals surface area contributed by atoms with Crippen molar-refractivity contribution in [3.8, 4) is 5.75 Å². The minimum Gasteiger partial charge on any atom is -0.497 e. The van der Waals surface area contributed by atoms with Gasteiger partial charge >= 0.3 is 10.2 Å². The lowest BCUT2D eigenvalue weighted by molar-refractivity contribution is 0.0965. The van der Waals surface area contributed by atoms with Gasteiger partial charge in [0.25, 0.3) is 0 Å². The second-order valence-electron chi connectivity index (χ2n) is 6.90. The number of aromatic nitrogens is 4. The quantitative estimate of drug-likeness (QED) is 0.381. The number of nitrogens with zero attached hydrogens (tertiary/aromatic N) is 5. The van der Waals surface area contributed by atoms with Crippen molar-refractivity contribution in [3.63, 3.8) is 0 Å². The van der Waals surface area contributed by atoms with E-state index in [0.717, 1.165) is 17.9 Å². The molecule has 14 heteroatoms. The smallest absolute Gasteiger partial charge is 0.310 e. The normalized spacial score (nSPS) is 14.1. The lowest BCUT2D eigenvalue weighted by atomic mass is 10.1. The van der Waals surface area contributed by atoms with Crippen LogP contribution in [-0.2, 0) is 6.54 Å². The number of anilines is 1. The predicted octanol–water partition coefficient (Wildman–Crippen LogP) is 4.41. The van der Waals surface area contributed by atoms with Gasteiger partial charge in [0.2, 0.25) is 5.62 Å². The molecular weight excluding hydrogens is 459 g/mol. The first-order valence-corrected chi connectivity index (χ1v) is 11.3. The fraction of sp³-hybridized carbons (Fsp3) is 0.333. The molecule has 176 valence electrons. The summed E-state index contributed by atoms with van der Waals surface area (Å²) in [6.45, 7) is 4.53. The molecule has 0 saturated carbocycles. The Bertz CT molecular complexity index is 1250. The van der Waals surface area contributed by atoms with Crippen molar-refractivity contribution < 1.29 is 29.0 Å². The summed E-state index contributed by atoms with van der Waals surface area (Å²) in [6.07, 6.45) is 0. The van der Waals surface area contributed by atoms with Gasteiger partial charge in [0.05, 0.1) is 7.11 Å². The van der Waals surface area contributed by atoms with Gasteiger partial charge in [-0.25, -0.2) is 4.68 Å². The fourth-order valence-corrected chi connectivity index (χ4v) is 3.73. The van der Waals surface area contributed by atoms with Gasteiger partial charge in [-0.1, -0.05) is 19.4 Å². The molecule has 0 atom stereocenters. The van der Waals surface area contributed by atoms with Crippen LogP contribution < -0.4 is 15.3 Å². The van der Waals surface area contributed by atoms with Crippen molar-refractivity contribution in [2.24, 2.45) is 0 Å². The number of Topliss-reactive ketones (excluding diaryl/α,β-unsaturated/α-hetero) is 1. The second-order valence-corrected chi connectivity index (χ2v) is 9.31. The first kappa shape index (κ1) is 23.5. The van der Waals surface area contributed by atoms with Crippen molar-refractivity contribution in [1.29, 1.82) is 5.41 Å². The summed E-state index contributed by atoms with van der Waals surface area (Å²) in [5.74, 6) is -0.936. The number of nitrogens with one attached hydrogen (secondary N) is 1. The molecule has 32 heavy (non-hydrogen) atoms. The summed E-state index contributed by atoms with van der Waals surface area (Å²) < 4.78 is 73.1. The van der Waals surface area contributed by atoms with E-state index in [1.54, 1.807) is 12.1 Å². The largest absolute Gasteiger partial charge is 0.497 e. The number of halogens is 5.